The van der Waals surface area contributed by atoms with Gasteiger partial charge in [-0.2, -0.15) is 0 Å². The molecule has 0 fully saturated rings. The molecule has 1 aliphatic heterocycles. The number of amides is 3. The van der Waals surface area contributed by atoms with Gasteiger partial charge < -0.3 is 9.64 Å². The van der Waals surface area contributed by atoms with Gasteiger partial charge in [-0.15, -0.1) is 0 Å². The molecule has 1 atom stereocenters. The van der Waals surface area contributed by atoms with Crippen molar-refractivity contribution in [3.05, 3.63) is 65.0 Å². The van der Waals surface area contributed by atoms with Gasteiger partial charge in [-0.3, -0.25) is 19.7 Å². The number of nitrogens with one attached hydrogen (secondary N) is 1. The molecule has 6 nitrogen and oxygen atoms in total. The Balaban J connectivity index is 1.76. The Bertz CT molecular complexity index is 934. The zero-order valence-electron chi connectivity index (χ0n) is 15.3. The molecule has 0 saturated heterocycles. The Morgan fingerprint density at radius 2 is 2.00 bits per heavy atom. The van der Waals surface area contributed by atoms with Crippen molar-refractivity contribution in [3.63, 3.8) is 0 Å². The molecule has 1 aliphatic rings. The number of nitrogens with zero attached hydrogens (tertiary/aromatic N) is 1. The first-order chi connectivity index (χ1) is 13.4. The third-order valence-electron chi connectivity index (χ3n) is 4.48. The van der Waals surface area contributed by atoms with Gasteiger partial charge in [0.2, 0.25) is 11.8 Å². The zero-order valence-corrected chi connectivity index (χ0v) is 15.3. The molecule has 0 bridgehead atoms. The predicted molar refractivity (Wildman–Crippen MR) is 100 cm³/mol. The van der Waals surface area contributed by atoms with Crippen LogP contribution in [0.3, 0.4) is 0 Å². The number of hydrogen-bond acceptors (Lipinski definition) is 4. The lowest BCUT2D eigenvalue weighted by molar-refractivity contribution is -0.131. The summed E-state index contributed by atoms with van der Waals surface area (Å²) in [4.78, 5) is 37.3. The smallest absolute Gasteiger partial charge is 0.254 e. The van der Waals surface area contributed by atoms with Gasteiger partial charge in [-0.25, -0.2) is 4.39 Å². The number of carbonyl (C=O) groups excluding carboxylic acids is 3. The number of carbonyl (C=O) groups is 3. The van der Waals surface area contributed by atoms with E-state index in [1.807, 2.05) is 0 Å². The summed E-state index contributed by atoms with van der Waals surface area (Å²) in [6.45, 7) is 1.65. The minimum Gasteiger partial charge on any atom is -0.488 e. The van der Waals surface area contributed by atoms with Crippen LogP contribution in [0.25, 0.3) is 0 Å². The van der Waals surface area contributed by atoms with Crippen molar-refractivity contribution in [2.24, 2.45) is 0 Å². The highest BCUT2D eigenvalue weighted by molar-refractivity contribution is 6.27. The number of rotatable bonds is 6. The van der Waals surface area contributed by atoms with Gasteiger partial charge in [0.05, 0.1) is 12.5 Å². The molecular weight excluding hydrogens is 362 g/mol. The summed E-state index contributed by atoms with van der Waals surface area (Å²) in [5.74, 6) is -2.94. The van der Waals surface area contributed by atoms with E-state index in [-0.39, 0.29) is 25.4 Å². The first kappa shape index (κ1) is 19.6. The van der Waals surface area contributed by atoms with Crippen LogP contribution in [-0.2, 0) is 22.7 Å². The zero-order chi connectivity index (χ0) is 20.3. The molecule has 2 aromatic carbocycles. The van der Waals surface area contributed by atoms with Gasteiger partial charge in [-0.05, 0) is 18.2 Å². The minimum atomic E-state index is -1.31. The van der Waals surface area contributed by atoms with Crippen LogP contribution in [0.1, 0.15) is 34.8 Å². The van der Waals surface area contributed by atoms with Crippen molar-refractivity contribution < 1.29 is 23.5 Å². The molecule has 0 spiro atoms. The average molecular weight is 380 g/mol. The van der Waals surface area contributed by atoms with Gasteiger partial charge in [0, 0.05) is 23.1 Å². The lowest BCUT2D eigenvalue weighted by Crippen LogP contribution is -2.49. The Hall–Kier alpha value is -3.16. The van der Waals surface area contributed by atoms with Crippen molar-refractivity contribution in [1.29, 1.82) is 0 Å². The van der Waals surface area contributed by atoms with E-state index in [1.165, 1.54) is 11.0 Å². The number of fused-ring (bicyclic) bond motifs is 1. The maximum atomic E-state index is 13.8. The second-order valence-corrected chi connectivity index (χ2v) is 6.31. The van der Waals surface area contributed by atoms with E-state index >= 15 is 0 Å². The summed E-state index contributed by atoms with van der Waals surface area (Å²) < 4.78 is 19.5. The summed E-state index contributed by atoms with van der Waals surface area (Å²) in [6.07, 6.45) is 0.126. The van der Waals surface area contributed by atoms with Crippen molar-refractivity contribution in [1.82, 2.24) is 10.2 Å². The third-order valence-corrected chi connectivity index (χ3v) is 4.48. The summed E-state index contributed by atoms with van der Waals surface area (Å²) >= 11 is 0. The Morgan fingerprint density at radius 1 is 1.25 bits per heavy atom. The van der Waals surface area contributed by atoms with Crippen LogP contribution in [0.15, 0.2) is 42.5 Å². The highest BCUT2D eigenvalue weighted by atomic mass is 19.1. The quantitative estimate of drug-likeness (QED) is 0.777. The van der Waals surface area contributed by atoms with Crippen LogP contribution < -0.4 is 10.1 Å². The van der Waals surface area contributed by atoms with E-state index in [4.69, 9.17) is 12.6 Å². The number of hydrogen-bond donors (Lipinski definition) is 1. The van der Waals surface area contributed by atoms with Crippen LogP contribution in [0.2, 0.25) is 0 Å². The molecule has 0 saturated carbocycles. The van der Waals surface area contributed by atoms with E-state index < -0.39 is 23.7 Å². The van der Waals surface area contributed by atoms with E-state index in [1.54, 1.807) is 43.3 Å². The van der Waals surface area contributed by atoms with Gasteiger partial charge in [0.15, 0.2) is 0 Å². The largest absolute Gasteiger partial charge is 0.488 e. The van der Waals surface area contributed by atoms with E-state index in [9.17, 15) is 18.8 Å². The summed E-state index contributed by atoms with van der Waals surface area (Å²) in [7, 11) is 5.88. The highest BCUT2D eigenvalue weighted by Gasteiger charge is 2.35. The first-order valence-electron chi connectivity index (χ1n) is 8.80. The average Bonchev–Trinajstić information content (AvgIpc) is 3.04. The monoisotopic (exact) mass is 380 g/mol. The van der Waals surface area contributed by atoms with Crippen molar-refractivity contribution in [2.45, 2.75) is 32.4 Å². The normalized spacial score (nSPS) is 13.8. The number of halogens is 1. The number of benzene rings is 2. The van der Waals surface area contributed by atoms with Crippen LogP contribution in [0.4, 0.5) is 4.39 Å². The molecule has 1 N–H and O–H groups in total. The molecule has 1 unspecified atom stereocenters. The number of ether oxygens (including phenoxy) is 1. The van der Waals surface area contributed by atoms with Gasteiger partial charge >= 0.3 is 0 Å². The molecule has 142 valence electrons. The highest BCUT2D eigenvalue weighted by Crippen LogP contribution is 2.32. The lowest BCUT2D eigenvalue weighted by Gasteiger charge is -2.23. The third kappa shape index (κ3) is 3.90. The summed E-state index contributed by atoms with van der Waals surface area (Å²) in [5, 5.41) is 2.15. The van der Waals surface area contributed by atoms with Gasteiger partial charge in [0.25, 0.3) is 5.91 Å². The van der Waals surface area contributed by atoms with E-state index in [0.29, 0.717) is 22.4 Å². The second kappa shape index (κ2) is 8.25. The number of imide groups is 1. The van der Waals surface area contributed by atoms with Gasteiger partial charge in [0.1, 0.15) is 26.0 Å². The van der Waals surface area contributed by atoms with Gasteiger partial charge in [-0.1, -0.05) is 31.2 Å². The molecule has 3 rings (SSSR count). The second-order valence-electron chi connectivity index (χ2n) is 6.31. The molecule has 1 heterocycles. The fourth-order valence-corrected chi connectivity index (χ4v) is 2.90. The summed E-state index contributed by atoms with van der Waals surface area (Å²) in [5.41, 5.74) is 1.31. The van der Waals surface area contributed by atoms with E-state index in [0.717, 1.165) is 0 Å². The first-order valence-corrected chi connectivity index (χ1v) is 8.80. The van der Waals surface area contributed by atoms with Crippen LogP contribution >= 0.6 is 0 Å². The minimum absolute atomic E-state index is 0.00510. The van der Waals surface area contributed by atoms with Crippen LogP contribution in [0.5, 0.6) is 5.75 Å². The predicted octanol–water partition coefficient (Wildman–Crippen LogP) is 1.91. The van der Waals surface area contributed by atoms with Crippen molar-refractivity contribution >= 4 is 25.6 Å². The fraction of sp³-hybridized carbons (Fsp3) is 0.250. The van der Waals surface area contributed by atoms with Crippen LogP contribution in [-0.4, -0.2) is 36.4 Å². The Kier molecular flexibility index (Phi) is 5.77. The molecule has 0 aliphatic carbocycles. The maximum absolute atomic E-state index is 13.8. The van der Waals surface area contributed by atoms with E-state index in [2.05, 4.69) is 5.32 Å². The standard InChI is InChI=1S/C20H18BFN2O4/c1-2-17(25)23-19(26)18(21)24-10-14-13(20(24)27)7-5-9-16(14)28-11-12-6-3-4-8-15(12)22/h3-9,18H,2,10-11H2,1H3,(H,23,25,26). The molecule has 3 amide bonds. The maximum Gasteiger partial charge on any atom is 0.254 e. The Labute approximate surface area is 163 Å². The molecule has 8 heteroatoms. The van der Waals surface area contributed by atoms with Crippen LogP contribution in [0, 0.1) is 5.82 Å². The molecule has 2 aromatic rings. The molecule has 2 radical (unpaired) electrons. The lowest BCUT2D eigenvalue weighted by atomic mass is 9.93. The molecule has 28 heavy (non-hydrogen) atoms. The Morgan fingerprint density at radius 3 is 2.71 bits per heavy atom. The molecular formula is C20H18BFN2O4. The SMILES string of the molecule is [B]C(C(=O)NC(=O)CC)N1Cc2c(OCc3ccccc3F)cccc2C1=O. The summed E-state index contributed by atoms with van der Waals surface area (Å²) in [6, 6.07) is 11.2. The molecule has 0 aromatic heterocycles. The van der Waals surface area contributed by atoms with Crippen molar-refractivity contribution in [2.75, 3.05) is 0 Å². The topological polar surface area (TPSA) is 75.7 Å². The van der Waals surface area contributed by atoms with Crippen molar-refractivity contribution in [3.8, 4) is 5.75 Å². The fourth-order valence-electron chi connectivity index (χ4n) is 2.90.